The second kappa shape index (κ2) is 7.40. The van der Waals surface area contributed by atoms with Crippen LogP contribution in [0.15, 0.2) is 12.4 Å². The van der Waals surface area contributed by atoms with Crippen LogP contribution in [0.2, 0.25) is 0 Å². The van der Waals surface area contributed by atoms with Gasteiger partial charge in [0, 0.05) is 30.8 Å². The predicted octanol–water partition coefficient (Wildman–Crippen LogP) is 1.09. The van der Waals surface area contributed by atoms with E-state index in [0.717, 1.165) is 31.5 Å². The average Bonchev–Trinajstić information content (AvgIpc) is 2.85. The topological polar surface area (TPSA) is 78.6 Å². The maximum Gasteiger partial charge on any atom is 0.303 e. The van der Waals surface area contributed by atoms with Crippen molar-refractivity contribution in [3.8, 4) is 0 Å². The van der Waals surface area contributed by atoms with Crippen molar-refractivity contribution in [3.63, 3.8) is 0 Å². The van der Waals surface area contributed by atoms with Crippen LogP contribution in [-0.2, 0) is 17.9 Å². The van der Waals surface area contributed by atoms with Gasteiger partial charge in [0.1, 0.15) is 0 Å². The molecule has 1 unspecified atom stereocenters. The van der Waals surface area contributed by atoms with E-state index in [9.17, 15) is 4.79 Å². The van der Waals surface area contributed by atoms with Crippen molar-refractivity contribution in [2.45, 2.75) is 51.2 Å². The Balaban J connectivity index is 1.91. The molecule has 1 saturated heterocycles. The summed E-state index contributed by atoms with van der Waals surface area (Å²) in [5.41, 5.74) is 1.13. The van der Waals surface area contributed by atoms with Crippen molar-refractivity contribution < 1.29 is 15.0 Å². The van der Waals surface area contributed by atoms with Crippen molar-refractivity contribution in [2.75, 3.05) is 13.2 Å². The zero-order chi connectivity index (χ0) is 14.4. The van der Waals surface area contributed by atoms with Crippen LogP contribution >= 0.6 is 0 Å². The Morgan fingerprint density at radius 3 is 3.05 bits per heavy atom. The highest BCUT2D eigenvalue weighted by Gasteiger charge is 2.23. The minimum absolute atomic E-state index is 0.0894. The number of hydrogen-bond acceptors (Lipinski definition) is 4. The minimum Gasteiger partial charge on any atom is -0.481 e. The number of carboxylic acids is 1. The fourth-order valence-corrected chi connectivity index (χ4v) is 2.83. The van der Waals surface area contributed by atoms with Gasteiger partial charge in [0.25, 0.3) is 0 Å². The number of aliphatic carboxylic acids is 1. The lowest BCUT2D eigenvalue weighted by Crippen LogP contribution is -2.39. The van der Waals surface area contributed by atoms with Crippen molar-refractivity contribution >= 4 is 5.97 Å². The highest BCUT2D eigenvalue weighted by atomic mass is 16.4. The Labute approximate surface area is 119 Å². The van der Waals surface area contributed by atoms with Crippen molar-refractivity contribution in [1.29, 1.82) is 0 Å². The van der Waals surface area contributed by atoms with E-state index >= 15 is 0 Å². The molecule has 1 aromatic heterocycles. The Bertz CT molecular complexity index is 433. The van der Waals surface area contributed by atoms with Gasteiger partial charge in [-0.2, -0.15) is 5.10 Å². The molecular formula is C14H23N3O3. The molecule has 6 heteroatoms. The first kappa shape index (κ1) is 15.0. The Morgan fingerprint density at radius 2 is 2.30 bits per heavy atom. The van der Waals surface area contributed by atoms with Crippen LogP contribution in [0.25, 0.3) is 0 Å². The maximum atomic E-state index is 10.7. The van der Waals surface area contributed by atoms with Gasteiger partial charge in [0.15, 0.2) is 0 Å². The molecule has 0 bridgehead atoms. The summed E-state index contributed by atoms with van der Waals surface area (Å²) in [4.78, 5) is 13.1. The molecule has 2 N–H and O–H groups in total. The van der Waals surface area contributed by atoms with Crippen molar-refractivity contribution in [2.24, 2.45) is 0 Å². The van der Waals surface area contributed by atoms with Gasteiger partial charge in [-0.3, -0.25) is 14.4 Å². The molecule has 0 amide bonds. The summed E-state index contributed by atoms with van der Waals surface area (Å²) in [6.45, 7) is 2.44. The molecule has 1 aliphatic rings. The molecule has 2 rings (SSSR count). The number of carboxylic acid groups (broad SMARTS) is 1. The number of likely N-dealkylation sites (tertiary alicyclic amines) is 1. The summed E-state index contributed by atoms with van der Waals surface area (Å²) in [5.74, 6) is -0.716. The van der Waals surface area contributed by atoms with E-state index in [4.69, 9.17) is 10.2 Å². The van der Waals surface area contributed by atoms with Crippen LogP contribution in [-0.4, -0.2) is 50.1 Å². The van der Waals surface area contributed by atoms with Gasteiger partial charge < -0.3 is 10.2 Å². The minimum atomic E-state index is -0.716. The largest absolute Gasteiger partial charge is 0.481 e. The van der Waals surface area contributed by atoms with E-state index in [-0.39, 0.29) is 13.0 Å². The van der Waals surface area contributed by atoms with Crippen LogP contribution in [0.4, 0.5) is 0 Å². The molecule has 1 aliphatic heterocycles. The third-order valence-corrected chi connectivity index (χ3v) is 3.84. The summed E-state index contributed by atoms with van der Waals surface area (Å²) in [6, 6.07) is 0.362. The Kier molecular flexibility index (Phi) is 5.55. The number of nitrogens with zero attached hydrogens (tertiary/aromatic N) is 3. The number of hydrogen-bond donors (Lipinski definition) is 2. The average molecular weight is 281 g/mol. The highest BCUT2D eigenvalue weighted by Crippen LogP contribution is 2.22. The maximum absolute atomic E-state index is 10.7. The van der Waals surface area contributed by atoms with E-state index in [1.807, 2.05) is 12.4 Å². The van der Waals surface area contributed by atoms with Gasteiger partial charge in [0.05, 0.1) is 19.3 Å². The number of piperidine rings is 1. The van der Waals surface area contributed by atoms with E-state index in [2.05, 4.69) is 10.00 Å². The van der Waals surface area contributed by atoms with Gasteiger partial charge in [-0.05, 0) is 25.8 Å². The van der Waals surface area contributed by atoms with Crippen LogP contribution in [0, 0.1) is 0 Å². The molecule has 0 aromatic carbocycles. The van der Waals surface area contributed by atoms with Crippen molar-refractivity contribution in [1.82, 2.24) is 14.7 Å². The van der Waals surface area contributed by atoms with Crippen LogP contribution in [0.3, 0.4) is 0 Å². The zero-order valence-corrected chi connectivity index (χ0v) is 11.7. The molecule has 112 valence electrons. The summed E-state index contributed by atoms with van der Waals surface area (Å²) < 4.78 is 1.74. The standard InChI is InChI=1S/C14H23N3O3/c18-8-7-17-11-12(9-15-17)10-16-6-2-1-3-13(16)4-5-14(19)20/h9,11,13,18H,1-8,10H2,(H,19,20). The first-order valence-electron chi connectivity index (χ1n) is 7.27. The van der Waals surface area contributed by atoms with E-state index in [1.54, 1.807) is 4.68 Å². The molecule has 2 heterocycles. The van der Waals surface area contributed by atoms with E-state index < -0.39 is 5.97 Å². The number of aliphatic hydroxyl groups is 1. The lowest BCUT2D eigenvalue weighted by atomic mass is 9.97. The molecule has 0 saturated carbocycles. The molecule has 6 nitrogen and oxygen atoms in total. The number of aliphatic hydroxyl groups excluding tert-OH is 1. The van der Waals surface area contributed by atoms with Crippen LogP contribution < -0.4 is 0 Å². The first-order chi connectivity index (χ1) is 9.69. The third kappa shape index (κ3) is 4.31. The number of aromatic nitrogens is 2. The van der Waals surface area contributed by atoms with Gasteiger partial charge >= 0.3 is 5.97 Å². The number of carbonyl (C=O) groups is 1. The molecule has 1 aromatic rings. The normalized spacial score (nSPS) is 20.1. The Hall–Kier alpha value is -1.40. The fourth-order valence-electron chi connectivity index (χ4n) is 2.83. The van der Waals surface area contributed by atoms with Gasteiger partial charge in [-0.1, -0.05) is 6.42 Å². The van der Waals surface area contributed by atoms with Crippen LogP contribution in [0.5, 0.6) is 0 Å². The molecule has 0 spiro atoms. The summed E-state index contributed by atoms with van der Waals surface area (Å²) in [5, 5.41) is 21.9. The molecule has 1 atom stereocenters. The summed E-state index contributed by atoms with van der Waals surface area (Å²) in [6.07, 6.45) is 8.19. The number of rotatable bonds is 7. The van der Waals surface area contributed by atoms with E-state index in [1.165, 1.54) is 12.8 Å². The Morgan fingerprint density at radius 1 is 1.45 bits per heavy atom. The lowest BCUT2D eigenvalue weighted by molar-refractivity contribution is -0.137. The van der Waals surface area contributed by atoms with E-state index in [0.29, 0.717) is 12.6 Å². The first-order valence-corrected chi connectivity index (χ1v) is 7.27. The molecule has 20 heavy (non-hydrogen) atoms. The lowest BCUT2D eigenvalue weighted by Gasteiger charge is -2.35. The predicted molar refractivity (Wildman–Crippen MR) is 74.2 cm³/mol. The molecule has 0 radical (unpaired) electrons. The zero-order valence-electron chi connectivity index (χ0n) is 11.7. The van der Waals surface area contributed by atoms with Crippen molar-refractivity contribution in [3.05, 3.63) is 18.0 Å². The summed E-state index contributed by atoms with van der Waals surface area (Å²) in [7, 11) is 0. The third-order valence-electron chi connectivity index (χ3n) is 3.84. The fraction of sp³-hybridized carbons (Fsp3) is 0.714. The molecule has 1 fully saturated rings. The second-order valence-corrected chi connectivity index (χ2v) is 5.39. The second-order valence-electron chi connectivity index (χ2n) is 5.39. The van der Waals surface area contributed by atoms with Gasteiger partial charge in [-0.25, -0.2) is 0 Å². The SMILES string of the molecule is O=C(O)CCC1CCCCN1Cc1cnn(CCO)c1. The quantitative estimate of drug-likeness (QED) is 0.782. The smallest absolute Gasteiger partial charge is 0.303 e. The van der Waals surface area contributed by atoms with Gasteiger partial charge in [0.2, 0.25) is 0 Å². The summed E-state index contributed by atoms with van der Waals surface area (Å²) >= 11 is 0. The van der Waals surface area contributed by atoms with Crippen LogP contribution in [0.1, 0.15) is 37.7 Å². The van der Waals surface area contributed by atoms with Gasteiger partial charge in [-0.15, -0.1) is 0 Å². The molecular weight excluding hydrogens is 258 g/mol. The monoisotopic (exact) mass is 281 g/mol. The highest BCUT2D eigenvalue weighted by molar-refractivity contribution is 5.66. The molecule has 0 aliphatic carbocycles.